The molecule has 1 fully saturated rings. The molecule has 0 aliphatic carbocycles. The molecule has 1 amide bonds. The molecule has 0 spiro atoms. The molecule has 3 N–H and O–H groups in total. The maximum atomic E-state index is 12.0. The number of hydrogen-bond donors (Lipinski definition) is 2. The first-order chi connectivity index (χ1) is 12.7. The van der Waals surface area contributed by atoms with Crippen LogP contribution < -0.4 is 11.1 Å². The van der Waals surface area contributed by atoms with E-state index < -0.39 is 5.91 Å². The summed E-state index contributed by atoms with van der Waals surface area (Å²) in [4.78, 5) is 16.9. The van der Waals surface area contributed by atoms with Gasteiger partial charge < -0.3 is 11.1 Å². The minimum Gasteiger partial charge on any atom is -0.366 e. The third-order valence-corrected chi connectivity index (χ3v) is 4.88. The van der Waals surface area contributed by atoms with Gasteiger partial charge in [-0.3, -0.25) is 4.79 Å². The molecule has 0 bridgehead atoms. The molecule has 4 nitrogen and oxygen atoms in total. The lowest BCUT2D eigenvalue weighted by Gasteiger charge is -2.22. The highest BCUT2D eigenvalue weighted by atomic mass is 16.1. The summed E-state index contributed by atoms with van der Waals surface area (Å²) in [6, 6.07) is 19.8. The molecule has 0 radical (unpaired) electrons. The Morgan fingerprint density at radius 3 is 2.35 bits per heavy atom. The first-order valence-electron chi connectivity index (χ1n) is 8.92. The van der Waals surface area contributed by atoms with Gasteiger partial charge in [0, 0.05) is 16.5 Å². The van der Waals surface area contributed by atoms with Gasteiger partial charge in [0.2, 0.25) is 5.91 Å². The predicted octanol–water partition coefficient (Wildman–Crippen LogP) is 3.52. The van der Waals surface area contributed by atoms with E-state index in [-0.39, 0.29) is 0 Å². The van der Waals surface area contributed by atoms with Crippen LogP contribution in [-0.4, -0.2) is 24.0 Å². The van der Waals surface area contributed by atoms with Crippen molar-refractivity contribution in [3.05, 3.63) is 83.1 Å². The zero-order valence-electron chi connectivity index (χ0n) is 14.5. The molecule has 26 heavy (non-hydrogen) atoms. The number of carbonyl (C=O) groups is 1. The topological polar surface area (TPSA) is 68.0 Å². The second-order valence-electron chi connectivity index (χ2n) is 6.53. The van der Waals surface area contributed by atoms with Gasteiger partial charge in [-0.05, 0) is 49.7 Å². The summed E-state index contributed by atoms with van der Waals surface area (Å²) < 4.78 is 0. The van der Waals surface area contributed by atoms with Gasteiger partial charge >= 0.3 is 0 Å². The van der Waals surface area contributed by atoms with Crippen LogP contribution in [0.2, 0.25) is 0 Å². The Morgan fingerprint density at radius 1 is 0.885 bits per heavy atom. The van der Waals surface area contributed by atoms with Crippen molar-refractivity contribution < 1.29 is 4.79 Å². The van der Waals surface area contributed by atoms with E-state index in [0.717, 1.165) is 53.7 Å². The van der Waals surface area contributed by atoms with Gasteiger partial charge in [0.05, 0.1) is 11.2 Å². The molecule has 1 aromatic heterocycles. The number of primary amides is 1. The van der Waals surface area contributed by atoms with E-state index in [4.69, 9.17) is 10.7 Å². The highest BCUT2D eigenvalue weighted by molar-refractivity contribution is 6.00. The fourth-order valence-electron chi connectivity index (χ4n) is 3.61. The Bertz CT molecular complexity index is 999. The number of para-hydroxylation sites is 1. The Kier molecular flexibility index (Phi) is 4.50. The summed E-state index contributed by atoms with van der Waals surface area (Å²) in [5.74, 6) is -0.409. The van der Waals surface area contributed by atoms with Crippen molar-refractivity contribution in [1.29, 1.82) is 0 Å². The van der Waals surface area contributed by atoms with Gasteiger partial charge in [-0.15, -0.1) is 0 Å². The summed E-state index contributed by atoms with van der Waals surface area (Å²) >= 11 is 0. The summed E-state index contributed by atoms with van der Waals surface area (Å²) in [6.45, 7) is 1.87. The Labute approximate surface area is 152 Å². The number of hydrogen-bond acceptors (Lipinski definition) is 3. The quantitative estimate of drug-likeness (QED) is 0.764. The van der Waals surface area contributed by atoms with Crippen LogP contribution in [0.3, 0.4) is 0 Å². The van der Waals surface area contributed by atoms with Crippen LogP contribution in [0.5, 0.6) is 0 Å². The molecule has 0 atom stereocenters. The van der Waals surface area contributed by atoms with Gasteiger partial charge in [0.15, 0.2) is 0 Å². The van der Waals surface area contributed by atoms with Gasteiger partial charge in [-0.25, -0.2) is 4.98 Å². The van der Waals surface area contributed by atoms with Gasteiger partial charge in [-0.1, -0.05) is 48.0 Å². The van der Waals surface area contributed by atoms with E-state index in [1.165, 1.54) is 5.57 Å². The molecule has 130 valence electrons. The number of piperidine rings is 1. The third kappa shape index (κ3) is 3.11. The van der Waals surface area contributed by atoms with Gasteiger partial charge in [0.1, 0.15) is 0 Å². The number of nitrogens with two attached hydrogens (primary N) is 1. The Balaban J connectivity index is 1.96. The number of benzene rings is 2. The van der Waals surface area contributed by atoms with Gasteiger partial charge in [0.25, 0.3) is 0 Å². The number of pyridine rings is 1. The molecule has 4 heteroatoms. The SMILES string of the molecule is NC(=O)c1ccccc1C(=C1CCNCC1)c1ccc2ccccc2n1. The van der Waals surface area contributed by atoms with Crippen molar-refractivity contribution in [2.24, 2.45) is 5.73 Å². The van der Waals surface area contributed by atoms with E-state index in [1.54, 1.807) is 6.07 Å². The van der Waals surface area contributed by atoms with Crippen LogP contribution in [0.25, 0.3) is 16.5 Å². The molecular formula is C22H21N3O. The molecule has 3 aromatic rings. The number of carbonyl (C=O) groups excluding carboxylic acids is 1. The number of nitrogens with one attached hydrogen (secondary N) is 1. The van der Waals surface area contributed by atoms with Crippen molar-refractivity contribution in [1.82, 2.24) is 10.3 Å². The van der Waals surface area contributed by atoms with E-state index in [0.29, 0.717) is 5.56 Å². The maximum Gasteiger partial charge on any atom is 0.249 e. The average Bonchev–Trinajstić information content (AvgIpc) is 2.69. The van der Waals surface area contributed by atoms with Crippen molar-refractivity contribution in [2.75, 3.05) is 13.1 Å². The molecule has 0 unspecified atom stereocenters. The highest BCUT2D eigenvalue weighted by Crippen LogP contribution is 2.33. The van der Waals surface area contributed by atoms with Crippen molar-refractivity contribution in [2.45, 2.75) is 12.8 Å². The molecule has 1 aliphatic heterocycles. The Morgan fingerprint density at radius 2 is 1.58 bits per heavy atom. The van der Waals surface area contributed by atoms with Crippen LogP contribution in [0.1, 0.15) is 34.5 Å². The summed E-state index contributed by atoms with van der Waals surface area (Å²) in [5, 5.41) is 4.50. The van der Waals surface area contributed by atoms with E-state index in [1.807, 2.05) is 42.5 Å². The van der Waals surface area contributed by atoms with E-state index in [2.05, 4.69) is 17.4 Å². The fourth-order valence-corrected chi connectivity index (χ4v) is 3.61. The summed E-state index contributed by atoms with van der Waals surface area (Å²) in [5.41, 5.74) is 11.3. The number of nitrogens with zero attached hydrogens (tertiary/aromatic N) is 1. The lowest BCUT2D eigenvalue weighted by atomic mass is 9.88. The van der Waals surface area contributed by atoms with Crippen LogP contribution >= 0.6 is 0 Å². The molecule has 1 saturated heterocycles. The standard InChI is InChI=1S/C22H21N3O/c23-22(26)18-7-3-2-6-17(18)21(16-11-13-24-14-12-16)20-10-9-15-5-1-4-8-19(15)25-20/h1-10,24H,11-14H2,(H2,23,26). The zero-order valence-corrected chi connectivity index (χ0v) is 14.5. The number of rotatable bonds is 3. The smallest absolute Gasteiger partial charge is 0.249 e. The lowest BCUT2D eigenvalue weighted by Crippen LogP contribution is -2.24. The van der Waals surface area contributed by atoms with E-state index in [9.17, 15) is 4.79 Å². The second kappa shape index (κ2) is 7.10. The third-order valence-electron chi connectivity index (χ3n) is 4.88. The normalized spacial score (nSPS) is 14.4. The molecule has 0 saturated carbocycles. The lowest BCUT2D eigenvalue weighted by molar-refractivity contribution is 0.1000. The fraction of sp³-hybridized carbons (Fsp3) is 0.182. The minimum absolute atomic E-state index is 0.409. The monoisotopic (exact) mass is 343 g/mol. The molecule has 4 rings (SSSR count). The number of fused-ring (bicyclic) bond motifs is 1. The van der Waals surface area contributed by atoms with Crippen LogP contribution in [0, 0.1) is 0 Å². The zero-order chi connectivity index (χ0) is 17.9. The molecule has 1 aliphatic rings. The van der Waals surface area contributed by atoms with Crippen molar-refractivity contribution >= 4 is 22.4 Å². The minimum atomic E-state index is -0.409. The van der Waals surface area contributed by atoms with E-state index >= 15 is 0 Å². The maximum absolute atomic E-state index is 12.0. The summed E-state index contributed by atoms with van der Waals surface area (Å²) in [7, 11) is 0. The largest absolute Gasteiger partial charge is 0.366 e. The highest BCUT2D eigenvalue weighted by Gasteiger charge is 2.20. The predicted molar refractivity (Wildman–Crippen MR) is 105 cm³/mol. The van der Waals surface area contributed by atoms with Crippen molar-refractivity contribution in [3.8, 4) is 0 Å². The Hall–Kier alpha value is -2.98. The number of amides is 1. The van der Waals surface area contributed by atoms with Gasteiger partial charge in [-0.2, -0.15) is 0 Å². The summed E-state index contributed by atoms with van der Waals surface area (Å²) in [6.07, 6.45) is 1.88. The second-order valence-corrected chi connectivity index (χ2v) is 6.53. The number of aromatic nitrogens is 1. The van der Waals surface area contributed by atoms with Crippen molar-refractivity contribution in [3.63, 3.8) is 0 Å². The van der Waals surface area contributed by atoms with Crippen LogP contribution in [0.4, 0.5) is 0 Å². The first kappa shape index (κ1) is 16.5. The average molecular weight is 343 g/mol. The van der Waals surface area contributed by atoms with Crippen LogP contribution in [-0.2, 0) is 0 Å². The molecule has 2 heterocycles. The molecule has 2 aromatic carbocycles. The van der Waals surface area contributed by atoms with Crippen LogP contribution in [0.15, 0.2) is 66.2 Å². The molecular weight excluding hydrogens is 322 g/mol. The first-order valence-corrected chi connectivity index (χ1v) is 8.92.